The van der Waals surface area contributed by atoms with Crippen molar-refractivity contribution in [3.8, 4) is 0 Å². The van der Waals surface area contributed by atoms with Gasteiger partial charge in [-0.25, -0.2) is 0 Å². The van der Waals surface area contributed by atoms with Crippen LogP contribution >= 0.6 is 24.0 Å². The van der Waals surface area contributed by atoms with E-state index in [2.05, 4.69) is 4.99 Å². The van der Waals surface area contributed by atoms with Gasteiger partial charge in [0, 0.05) is 0 Å². The van der Waals surface area contributed by atoms with Crippen LogP contribution in [0.3, 0.4) is 0 Å². The second-order valence-corrected chi connectivity index (χ2v) is 3.24. The molecular formula is C7H12F3IN2. The molecule has 0 aromatic carbocycles. The van der Waals surface area contributed by atoms with Crippen LogP contribution in [0.1, 0.15) is 19.8 Å². The lowest BCUT2D eigenvalue weighted by Gasteiger charge is -2.16. The third-order valence-electron chi connectivity index (χ3n) is 2.09. The lowest BCUT2D eigenvalue weighted by Crippen LogP contribution is -2.28. The van der Waals surface area contributed by atoms with Crippen LogP contribution in [0.25, 0.3) is 0 Å². The zero-order chi connectivity index (χ0) is 9.41. The number of hydrogen-bond donors (Lipinski definition) is 1. The molecule has 0 aromatic heterocycles. The predicted molar refractivity (Wildman–Crippen MR) is 55.3 cm³/mol. The maximum absolute atomic E-state index is 12.2. The maximum Gasteiger partial charge on any atom is 0.396 e. The molecule has 1 rings (SSSR count). The summed E-state index contributed by atoms with van der Waals surface area (Å²) in [7, 11) is 0. The highest BCUT2D eigenvalue weighted by Crippen LogP contribution is 2.57. The van der Waals surface area contributed by atoms with Gasteiger partial charge in [0.15, 0.2) is 0 Å². The molecule has 2 N–H and O–H groups in total. The Morgan fingerprint density at radius 1 is 1.46 bits per heavy atom. The van der Waals surface area contributed by atoms with E-state index in [1.807, 2.05) is 0 Å². The van der Waals surface area contributed by atoms with Gasteiger partial charge in [0.1, 0.15) is 0 Å². The smallest absolute Gasteiger partial charge is 0.388 e. The van der Waals surface area contributed by atoms with E-state index in [0.29, 0.717) is 0 Å². The Hall–Kier alpha value is -0.0100. The van der Waals surface area contributed by atoms with E-state index in [1.54, 1.807) is 0 Å². The van der Waals surface area contributed by atoms with Crippen molar-refractivity contribution in [2.75, 3.05) is 6.54 Å². The van der Waals surface area contributed by atoms with Crippen LogP contribution in [0, 0.1) is 5.41 Å². The number of nitrogens with two attached hydrogens (primary N) is 1. The fourth-order valence-electron chi connectivity index (χ4n) is 0.958. The Morgan fingerprint density at radius 2 is 1.92 bits per heavy atom. The van der Waals surface area contributed by atoms with Gasteiger partial charge in [0.05, 0.1) is 17.8 Å². The third kappa shape index (κ3) is 2.99. The Bertz CT molecular complexity index is 204. The first-order chi connectivity index (χ1) is 5.37. The maximum atomic E-state index is 12.2. The van der Waals surface area contributed by atoms with Crippen LogP contribution in [0.2, 0.25) is 0 Å². The predicted octanol–water partition coefficient (Wildman–Crippen LogP) is 2.32. The van der Waals surface area contributed by atoms with E-state index in [4.69, 9.17) is 5.73 Å². The van der Waals surface area contributed by atoms with Gasteiger partial charge in [-0.1, -0.05) is 0 Å². The van der Waals surface area contributed by atoms with Crippen molar-refractivity contribution < 1.29 is 13.2 Å². The Morgan fingerprint density at radius 3 is 2.15 bits per heavy atom. The van der Waals surface area contributed by atoms with Crippen molar-refractivity contribution in [3.63, 3.8) is 0 Å². The summed E-state index contributed by atoms with van der Waals surface area (Å²) in [5.74, 6) is 0.213. The number of rotatable bonds is 2. The molecule has 0 aliphatic heterocycles. The largest absolute Gasteiger partial charge is 0.396 e. The van der Waals surface area contributed by atoms with Gasteiger partial charge in [0.2, 0.25) is 0 Å². The molecule has 1 fully saturated rings. The normalized spacial score (nSPS) is 20.8. The highest BCUT2D eigenvalue weighted by atomic mass is 127. The van der Waals surface area contributed by atoms with Crippen molar-refractivity contribution in [2.24, 2.45) is 16.1 Å². The zero-order valence-corrected chi connectivity index (χ0v) is 9.52. The van der Waals surface area contributed by atoms with Gasteiger partial charge < -0.3 is 5.73 Å². The molecular weight excluding hydrogens is 296 g/mol. The summed E-state index contributed by atoms with van der Waals surface area (Å²) in [6.07, 6.45) is -3.74. The van der Waals surface area contributed by atoms with E-state index in [0.717, 1.165) is 0 Å². The molecule has 0 bridgehead atoms. The van der Waals surface area contributed by atoms with Crippen LogP contribution in [0.15, 0.2) is 4.99 Å². The molecule has 0 spiro atoms. The van der Waals surface area contributed by atoms with Crippen molar-refractivity contribution >= 4 is 29.8 Å². The molecule has 1 aliphatic carbocycles. The van der Waals surface area contributed by atoms with E-state index in [1.165, 1.54) is 6.92 Å². The highest BCUT2D eigenvalue weighted by Gasteiger charge is 2.62. The first kappa shape index (κ1) is 13.0. The minimum absolute atomic E-state index is 0. The zero-order valence-electron chi connectivity index (χ0n) is 7.19. The molecule has 0 saturated heterocycles. The highest BCUT2D eigenvalue weighted by molar-refractivity contribution is 14.0. The quantitative estimate of drug-likeness (QED) is 0.474. The Balaban J connectivity index is 0.00000144. The molecule has 1 aliphatic rings. The van der Waals surface area contributed by atoms with E-state index >= 15 is 0 Å². The molecule has 2 nitrogen and oxygen atoms in total. The van der Waals surface area contributed by atoms with Crippen LogP contribution in [-0.4, -0.2) is 18.6 Å². The summed E-state index contributed by atoms with van der Waals surface area (Å²) in [6.45, 7) is 1.28. The second kappa shape index (κ2) is 4.02. The topological polar surface area (TPSA) is 38.4 Å². The lowest BCUT2D eigenvalue weighted by atomic mass is 10.1. The first-order valence-corrected chi connectivity index (χ1v) is 3.71. The summed E-state index contributed by atoms with van der Waals surface area (Å²) in [5.41, 5.74) is 3.61. The number of alkyl halides is 3. The Kier molecular flexibility index (Phi) is 4.01. The average Bonchev–Trinajstić information content (AvgIpc) is 2.60. The van der Waals surface area contributed by atoms with Crippen molar-refractivity contribution in [2.45, 2.75) is 25.9 Å². The van der Waals surface area contributed by atoms with Crippen molar-refractivity contribution in [1.29, 1.82) is 0 Å². The molecule has 0 atom stereocenters. The summed E-state index contributed by atoms with van der Waals surface area (Å²) in [4.78, 5) is 3.60. The SMILES string of the molecule is CC(N)=NCC1(C(F)(F)F)CC1.I. The van der Waals surface area contributed by atoms with E-state index < -0.39 is 11.6 Å². The lowest BCUT2D eigenvalue weighted by molar-refractivity contribution is -0.183. The van der Waals surface area contributed by atoms with Crippen molar-refractivity contribution in [1.82, 2.24) is 0 Å². The van der Waals surface area contributed by atoms with Crippen LogP contribution in [-0.2, 0) is 0 Å². The summed E-state index contributed by atoms with van der Waals surface area (Å²) >= 11 is 0. The van der Waals surface area contributed by atoms with Crippen LogP contribution in [0.5, 0.6) is 0 Å². The standard InChI is InChI=1S/C7H11F3N2.HI/c1-5(11)12-4-6(2-3-6)7(8,9)10;/h2-4H2,1H3,(H2,11,12);1H. The number of aliphatic imine (C=N–C) groups is 1. The summed E-state index contributed by atoms with van der Waals surface area (Å²) in [5, 5.41) is 0. The van der Waals surface area contributed by atoms with E-state index in [9.17, 15) is 13.2 Å². The fourth-order valence-corrected chi connectivity index (χ4v) is 0.958. The van der Waals surface area contributed by atoms with Gasteiger partial charge in [-0.05, 0) is 19.8 Å². The third-order valence-corrected chi connectivity index (χ3v) is 2.09. The van der Waals surface area contributed by atoms with Crippen LogP contribution < -0.4 is 5.73 Å². The molecule has 78 valence electrons. The minimum atomic E-state index is -4.12. The van der Waals surface area contributed by atoms with E-state index in [-0.39, 0.29) is 49.2 Å². The fraction of sp³-hybridized carbons (Fsp3) is 0.857. The minimum Gasteiger partial charge on any atom is -0.388 e. The monoisotopic (exact) mass is 308 g/mol. The Labute approximate surface area is 91.8 Å². The van der Waals surface area contributed by atoms with Gasteiger partial charge in [0.25, 0.3) is 0 Å². The molecule has 0 unspecified atom stereocenters. The average molecular weight is 308 g/mol. The van der Waals surface area contributed by atoms with Crippen molar-refractivity contribution in [3.05, 3.63) is 0 Å². The first-order valence-electron chi connectivity index (χ1n) is 3.71. The number of amidine groups is 1. The number of halogens is 4. The molecule has 6 heteroatoms. The molecule has 0 amide bonds. The summed E-state index contributed by atoms with van der Waals surface area (Å²) < 4.78 is 36.7. The second-order valence-electron chi connectivity index (χ2n) is 3.24. The van der Waals surface area contributed by atoms with Gasteiger partial charge in [-0.15, -0.1) is 24.0 Å². The number of nitrogens with zero attached hydrogens (tertiary/aromatic N) is 1. The van der Waals surface area contributed by atoms with Gasteiger partial charge in [-0.3, -0.25) is 4.99 Å². The number of hydrogen-bond acceptors (Lipinski definition) is 1. The van der Waals surface area contributed by atoms with Gasteiger partial charge >= 0.3 is 6.18 Å². The molecule has 1 saturated carbocycles. The molecule has 13 heavy (non-hydrogen) atoms. The molecule has 0 aromatic rings. The van der Waals surface area contributed by atoms with Crippen LogP contribution in [0.4, 0.5) is 13.2 Å². The molecule has 0 heterocycles. The molecule has 0 radical (unpaired) electrons. The van der Waals surface area contributed by atoms with Gasteiger partial charge in [-0.2, -0.15) is 13.2 Å². The summed E-state index contributed by atoms with van der Waals surface area (Å²) in [6, 6.07) is 0.